The summed E-state index contributed by atoms with van der Waals surface area (Å²) >= 11 is 0. The van der Waals surface area contributed by atoms with Gasteiger partial charge >= 0.3 is 0 Å². The Morgan fingerprint density at radius 1 is 0.926 bits per heavy atom. The van der Waals surface area contributed by atoms with E-state index in [0.29, 0.717) is 28.4 Å². The maximum Gasteiger partial charge on any atom is 0.246 e. The molecule has 142 valence electrons. The number of carbonyl (C=O) groups is 3. The Morgan fingerprint density at radius 2 is 1.56 bits per heavy atom. The fourth-order valence-electron chi connectivity index (χ4n) is 2.44. The topological polar surface area (TPSA) is 96.5 Å². The highest BCUT2D eigenvalue weighted by molar-refractivity contribution is 5.98. The fourth-order valence-corrected chi connectivity index (χ4v) is 2.44. The van der Waals surface area contributed by atoms with E-state index in [4.69, 9.17) is 4.74 Å². The fraction of sp³-hybridized carbons (Fsp3) is 0.250. The number of nitrogens with one attached hydrogen (secondary N) is 3. The second-order valence-corrected chi connectivity index (χ2v) is 6.09. The van der Waals surface area contributed by atoms with Crippen LogP contribution in [0.1, 0.15) is 31.1 Å². The van der Waals surface area contributed by atoms with Gasteiger partial charge in [-0.3, -0.25) is 14.4 Å². The highest BCUT2D eigenvalue weighted by Gasteiger charge is 2.16. The Labute approximate surface area is 158 Å². The Hall–Kier alpha value is -3.35. The van der Waals surface area contributed by atoms with E-state index in [1.54, 1.807) is 49.4 Å². The minimum atomic E-state index is -0.570. The molecule has 2 aromatic carbocycles. The van der Waals surface area contributed by atoms with Crippen LogP contribution < -0.4 is 20.7 Å². The zero-order chi connectivity index (χ0) is 20.0. The average molecular weight is 369 g/mol. The normalized spacial score (nSPS) is 11.3. The van der Waals surface area contributed by atoms with Crippen LogP contribution >= 0.6 is 0 Å². The van der Waals surface area contributed by atoms with E-state index in [1.807, 2.05) is 0 Å². The van der Waals surface area contributed by atoms with Crippen LogP contribution in [-0.4, -0.2) is 30.7 Å². The van der Waals surface area contributed by atoms with Crippen molar-refractivity contribution in [3.8, 4) is 5.75 Å². The molecule has 0 aliphatic carbocycles. The van der Waals surface area contributed by atoms with Gasteiger partial charge in [0.05, 0.1) is 12.8 Å². The van der Waals surface area contributed by atoms with E-state index in [0.717, 1.165) is 0 Å². The van der Waals surface area contributed by atoms with E-state index in [2.05, 4.69) is 16.0 Å². The standard InChI is InChI=1S/C20H23N3O4/c1-12(20(26)23-16-7-5-15(6-8-16)13(2)24)21-18-11-17(22-14(3)25)9-10-19(18)27-4/h5-12,21H,1-4H3,(H,22,25)(H,23,26)/t12-/m0/s1. The summed E-state index contributed by atoms with van der Waals surface area (Å²) in [5, 5.41) is 8.56. The van der Waals surface area contributed by atoms with E-state index in [9.17, 15) is 14.4 Å². The summed E-state index contributed by atoms with van der Waals surface area (Å²) < 4.78 is 5.30. The van der Waals surface area contributed by atoms with Crippen molar-refractivity contribution in [1.29, 1.82) is 0 Å². The van der Waals surface area contributed by atoms with Gasteiger partial charge in [-0.1, -0.05) is 0 Å². The zero-order valence-electron chi connectivity index (χ0n) is 15.8. The van der Waals surface area contributed by atoms with E-state index < -0.39 is 6.04 Å². The summed E-state index contributed by atoms with van der Waals surface area (Å²) in [7, 11) is 1.53. The molecule has 7 heteroatoms. The third-order valence-electron chi connectivity index (χ3n) is 3.84. The lowest BCUT2D eigenvalue weighted by Gasteiger charge is -2.18. The molecule has 3 N–H and O–H groups in total. The van der Waals surface area contributed by atoms with Gasteiger partial charge < -0.3 is 20.7 Å². The Bertz CT molecular complexity index is 847. The molecule has 7 nitrogen and oxygen atoms in total. The number of methoxy groups -OCH3 is 1. The molecular weight excluding hydrogens is 346 g/mol. The van der Waals surface area contributed by atoms with Crippen molar-refractivity contribution in [3.05, 3.63) is 48.0 Å². The first kappa shape index (κ1) is 20.0. The van der Waals surface area contributed by atoms with Crippen LogP contribution in [0, 0.1) is 0 Å². The molecule has 0 radical (unpaired) electrons. The number of Topliss-reactive ketones (excluding diaryl/α,β-unsaturated/α-hetero) is 1. The lowest BCUT2D eigenvalue weighted by Crippen LogP contribution is -2.32. The number of hydrogen-bond donors (Lipinski definition) is 3. The van der Waals surface area contributed by atoms with Crippen molar-refractivity contribution in [1.82, 2.24) is 0 Å². The van der Waals surface area contributed by atoms with Crippen LogP contribution in [0.3, 0.4) is 0 Å². The maximum absolute atomic E-state index is 12.4. The third kappa shape index (κ3) is 5.57. The van der Waals surface area contributed by atoms with Crippen LogP contribution in [0.5, 0.6) is 5.75 Å². The molecular formula is C20H23N3O4. The predicted molar refractivity (Wildman–Crippen MR) is 105 cm³/mol. The van der Waals surface area contributed by atoms with Crippen molar-refractivity contribution in [2.75, 3.05) is 23.1 Å². The summed E-state index contributed by atoms with van der Waals surface area (Å²) in [5.74, 6) is 0.0760. The van der Waals surface area contributed by atoms with Crippen LogP contribution in [0.15, 0.2) is 42.5 Å². The smallest absolute Gasteiger partial charge is 0.246 e. The zero-order valence-corrected chi connectivity index (χ0v) is 15.8. The molecule has 0 heterocycles. The molecule has 2 amide bonds. The lowest BCUT2D eigenvalue weighted by molar-refractivity contribution is -0.116. The van der Waals surface area contributed by atoms with Crippen LogP contribution in [0.2, 0.25) is 0 Å². The second kappa shape index (κ2) is 8.84. The SMILES string of the molecule is COc1ccc(NC(C)=O)cc1N[C@@H](C)C(=O)Nc1ccc(C(C)=O)cc1. The first-order chi connectivity index (χ1) is 12.8. The Morgan fingerprint density at radius 3 is 2.11 bits per heavy atom. The minimum Gasteiger partial charge on any atom is -0.495 e. The Balaban J connectivity index is 2.08. The molecule has 0 bridgehead atoms. The van der Waals surface area contributed by atoms with E-state index in [1.165, 1.54) is 21.0 Å². The molecule has 1 atom stereocenters. The predicted octanol–water partition coefficient (Wildman–Crippen LogP) is 3.30. The number of amides is 2. The monoisotopic (exact) mass is 369 g/mol. The summed E-state index contributed by atoms with van der Waals surface area (Å²) in [4.78, 5) is 35.0. The van der Waals surface area contributed by atoms with Gasteiger partial charge in [-0.2, -0.15) is 0 Å². The number of anilines is 3. The van der Waals surface area contributed by atoms with Gasteiger partial charge in [-0.25, -0.2) is 0 Å². The minimum absolute atomic E-state index is 0.0333. The number of rotatable bonds is 7. The molecule has 27 heavy (non-hydrogen) atoms. The van der Waals surface area contributed by atoms with E-state index >= 15 is 0 Å². The summed E-state index contributed by atoms with van der Waals surface area (Å²) in [6.07, 6.45) is 0. The average Bonchev–Trinajstić information content (AvgIpc) is 2.61. The maximum atomic E-state index is 12.4. The van der Waals surface area contributed by atoms with Gasteiger partial charge in [-0.15, -0.1) is 0 Å². The van der Waals surface area contributed by atoms with Crippen LogP contribution in [-0.2, 0) is 9.59 Å². The molecule has 2 rings (SSSR count). The van der Waals surface area contributed by atoms with Gasteiger partial charge in [0.15, 0.2) is 5.78 Å². The molecule has 0 saturated heterocycles. The van der Waals surface area contributed by atoms with Crippen molar-refractivity contribution < 1.29 is 19.1 Å². The van der Waals surface area contributed by atoms with Crippen LogP contribution in [0.4, 0.5) is 17.1 Å². The van der Waals surface area contributed by atoms with E-state index in [-0.39, 0.29) is 17.6 Å². The molecule has 0 unspecified atom stereocenters. The highest BCUT2D eigenvalue weighted by Crippen LogP contribution is 2.28. The second-order valence-electron chi connectivity index (χ2n) is 6.09. The third-order valence-corrected chi connectivity index (χ3v) is 3.84. The van der Waals surface area contributed by atoms with Crippen molar-refractivity contribution in [2.45, 2.75) is 26.8 Å². The summed E-state index contributed by atoms with van der Waals surface area (Å²) in [6, 6.07) is 11.2. The molecule has 0 aliphatic heterocycles. The molecule has 0 fully saturated rings. The van der Waals surface area contributed by atoms with Gasteiger partial charge in [0.25, 0.3) is 0 Å². The number of hydrogen-bond acceptors (Lipinski definition) is 5. The Kier molecular flexibility index (Phi) is 6.54. The molecule has 0 aromatic heterocycles. The number of ketones is 1. The number of carbonyl (C=O) groups excluding carboxylic acids is 3. The van der Waals surface area contributed by atoms with Gasteiger partial charge in [0.1, 0.15) is 11.8 Å². The first-order valence-electron chi connectivity index (χ1n) is 8.44. The van der Waals surface area contributed by atoms with Gasteiger partial charge in [0, 0.05) is 23.9 Å². The molecule has 0 aliphatic rings. The largest absolute Gasteiger partial charge is 0.495 e. The first-order valence-corrected chi connectivity index (χ1v) is 8.44. The molecule has 2 aromatic rings. The van der Waals surface area contributed by atoms with Crippen molar-refractivity contribution >= 4 is 34.7 Å². The van der Waals surface area contributed by atoms with Crippen molar-refractivity contribution in [2.24, 2.45) is 0 Å². The summed E-state index contributed by atoms with van der Waals surface area (Å²) in [6.45, 7) is 4.62. The quantitative estimate of drug-likeness (QED) is 0.651. The number of ether oxygens (including phenoxy) is 1. The highest BCUT2D eigenvalue weighted by atomic mass is 16.5. The van der Waals surface area contributed by atoms with Gasteiger partial charge in [0.2, 0.25) is 11.8 Å². The van der Waals surface area contributed by atoms with Crippen LogP contribution in [0.25, 0.3) is 0 Å². The summed E-state index contributed by atoms with van der Waals surface area (Å²) in [5.41, 5.74) is 2.35. The lowest BCUT2D eigenvalue weighted by atomic mass is 10.1. The van der Waals surface area contributed by atoms with Crippen molar-refractivity contribution in [3.63, 3.8) is 0 Å². The van der Waals surface area contributed by atoms with Gasteiger partial charge in [-0.05, 0) is 56.3 Å². The molecule has 0 saturated carbocycles. The molecule has 0 spiro atoms. The number of benzene rings is 2.